The summed E-state index contributed by atoms with van der Waals surface area (Å²) in [5.74, 6) is 0. The number of halogens is 12. The van der Waals surface area contributed by atoms with Crippen LogP contribution in [0.4, 0.5) is 51.8 Å². The average molecular weight is 435 g/mol. The molecule has 16 heteroatoms. The maximum atomic E-state index is 9.75. The summed E-state index contributed by atoms with van der Waals surface area (Å²) in [6.45, 7) is 6.67. The number of rotatable bonds is 0. The van der Waals surface area contributed by atoms with E-state index in [1.165, 1.54) is 5.56 Å². The molecule has 0 aromatic heterocycles. The van der Waals surface area contributed by atoms with Crippen molar-refractivity contribution in [2.24, 2.45) is 0 Å². The van der Waals surface area contributed by atoms with Gasteiger partial charge in [-0.05, 0) is 11.0 Å². The van der Waals surface area contributed by atoms with Crippen molar-refractivity contribution in [3.05, 3.63) is 35.9 Å². The minimum absolute atomic E-state index is 0. The van der Waals surface area contributed by atoms with E-state index in [2.05, 4.69) is 51.1 Å². The van der Waals surface area contributed by atoms with Gasteiger partial charge in [0, 0.05) is 0 Å². The SMILES string of the molecule is CC(C)(C)c1ccccc1.F[B-](F)(F)F.F[B-](F)(F)F.F[B-](F)(F)F.[KH]. The van der Waals surface area contributed by atoms with E-state index in [4.69, 9.17) is 0 Å². The van der Waals surface area contributed by atoms with Gasteiger partial charge in [0.25, 0.3) is 0 Å². The molecule has 0 radical (unpaired) electrons. The van der Waals surface area contributed by atoms with Crippen LogP contribution in [-0.2, 0) is 5.41 Å². The summed E-state index contributed by atoms with van der Waals surface area (Å²) in [5.41, 5.74) is 1.69. The van der Waals surface area contributed by atoms with Crippen molar-refractivity contribution < 1.29 is 51.8 Å². The molecule has 0 saturated carbocycles. The second kappa shape index (κ2) is 14.2. The van der Waals surface area contributed by atoms with Crippen molar-refractivity contribution in [1.82, 2.24) is 0 Å². The summed E-state index contributed by atoms with van der Waals surface area (Å²) in [6, 6.07) is 10.6. The van der Waals surface area contributed by atoms with Crippen molar-refractivity contribution in [2.45, 2.75) is 26.2 Å². The van der Waals surface area contributed by atoms with Gasteiger partial charge in [-0.1, -0.05) is 51.1 Å². The molecule has 0 amide bonds. The third-order valence-electron chi connectivity index (χ3n) is 1.64. The van der Waals surface area contributed by atoms with Gasteiger partial charge in [-0.25, -0.2) is 0 Å². The fourth-order valence-electron chi connectivity index (χ4n) is 0.938. The van der Waals surface area contributed by atoms with Crippen molar-refractivity contribution in [1.29, 1.82) is 0 Å². The molecular weight excluding hydrogens is 420 g/mol. The zero-order valence-electron chi connectivity index (χ0n) is 13.2. The molecule has 1 aromatic carbocycles. The molecule has 0 aliphatic rings. The van der Waals surface area contributed by atoms with Crippen LogP contribution < -0.4 is 0 Å². The van der Waals surface area contributed by atoms with Gasteiger partial charge in [0.15, 0.2) is 0 Å². The van der Waals surface area contributed by atoms with Gasteiger partial charge in [-0.3, -0.25) is 0 Å². The average Bonchev–Trinajstić information content (AvgIpc) is 2.22. The van der Waals surface area contributed by atoms with Crippen molar-refractivity contribution >= 4 is 73.1 Å². The zero-order chi connectivity index (χ0) is 21.1. The van der Waals surface area contributed by atoms with Crippen LogP contribution in [0.5, 0.6) is 0 Å². The van der Waals surface area contributed by atoms with Crippen molar-refractivity contribution in [3.8, 4) is 0 Å². The molecular formula is C10H15B3F12K-3. The minimum atomic E-state index is -6.00. The van der Waals surface area contributed by atoms with Gasteiger partial charge in [0.05, 0.1) is 0 Å². The Kier molecular flexibility index (Phi) is 18.5. The van der Waals surface area contributed by atoms with E-state index in [9.17, 15) is 51.8 Å². The first-order valence-corrected chi connectivity index (χ1v) is 6.28. The quantitative estimate of drug-likeness (QED) is 0.335. The van der Waals surface area contributed by atoms with E-state index >= 15 is 0 Å². The van der Waals surface area contributed by atoms with Crippen molar-refractivity contribution in [3.63, 3.8) is 0 Å². The van der Waals surface area contributed by atoms with Crippen LogP contribution in [0.2, 0.25) is 0 Å². The van der Waals surface area contributed by atoms with E-state index in [-0.39, 0.29) is 51.4 Å². The molecule has 1 aromatic rings. The molecule has 1 rings (SSSR count). The van der Waals surface area contributed by atoms with Crippen LogP contribution in [0.3, 0.4) is 0 Å². The topological polar surface area (TPSA) is 0 Å². The van der Waals surface area contributed by atoms with E-state index in [1.807, 2.05) is 0 Å². The Hall–Kier alpha value is 0.211. The Morgan fingerprint density at radius 3 is 0.846 bits per heavy atom. The number of benzene rings is 1. The van der Waals surface area contributed by atoms with Gasteiger partial charge < -0.3 is 51.8 Å². The van der Waals surface area contributed by atoms with Crippen LogP contribution in [0.15, 0.2) is 30.3 Å². The molecule has 0 atom stereocenters. The van der Waals surface area contributed by atoms with Crippen LogP contribution in [-0.4, -0.2) is 73.1 Å². The van der Waals surface area contributed by atoms with E-state index in [1.54, 1.807) is 0 Å². The molecule has 0 saturated heterocycles. The van der Waals surface area contributed by atoms with Crippen LogP contribution in [0, 0.1) is 0 Å². The standard InChI is InChI=1S/C10H14.3BF4.K.H/c1-10(2,3)9-7-5-4-6-8-9;3*2-1(3,4)5;;/h4-8H,1-3H3;;;;;/q;3*-1;;. The summed E-state index contributed by atoms with van der Waals surface area (Å²) in [6.07, 6.45) is 0. The predicted molar refractivity (Wildman–Crippen MR) is 82.8 cm³/mol. The molecule has 0 aliphatic carbocycles. The summed E-state index contributed by atoms with van der Waals surface area (Å²) in [7, 11) is -18.0. The Morgan fingerprint density at radius 2 is 0.731 bits per heavy atom. The molecule has 0 aliphatic heterocycles. The monoisotopic (exact) mass is 435 g/mol. The van der Waals surface area contributed by atoms with Gasteiger partial charge in [0.1, 0.15) is 0 Å². The van der Waals surface area contributed by atoms with Gasteiger partial charge in [-0.2, -0.15) is 0 Å². The van der Waals surface area contributed by atoms with E-state index in [0.29, 0.717) is 5.41 Å². The van der Waals surface area contributed by atoms with Gasteiger partial charge in [-0.15, -0.1) is 0 Å². The van der Waals surface area contributed by atoms with E-state index < -0.39 is 21.8 Å². The third-order valence-corrected chi connectivity index (χ3v) is 1.64. The zero-order valence-corrected chi connectivity index (χ0v) is 13.2. The summed E-state index contributed by atoms with van der Waals surface area (Å²) >= 11 is 0. The second-order valence-corrected chi connectivity index (χ2v) is 5.10. The van der Waals surface area contributed by atoms with Crippen molar-refractivity contribution in [2.75, 3.05) is 0 Å². The molecule has 0 bridgehead atoms. The summed E-state index contributed by atoms with van der Waals surface area (Å²) < 4.78 is 117. The fourth-order valence-corrected chi connectivity index (χ4v) is 0.938. The van der Waals surface area contributed by atoms with Crippen LogP contribution in [0.1, 0.15) is 26.3 Å². The molecule has 0 fully saturated rings. The first-order valence-electron chi connectivity index (χ1n) is 6.28. The first-order chi connectivity index (χ1) is 10.6. The molecule has 152 valence electrons. The molecule has 0 N–H and O–H groups in total. The molecule has 0 heterocycles. The van der Waals surface area contributed by atoms with Crippen LogP contribution in [0.25, 0.3) is 0 Å². The van der Waals surface area contributed by atoms with Crippen LogP contribution >= 0.6 is 0 Å². The molecule has 0 nitrogen and oxygen atoms in total. The predicted octanol–water partition coefficient (Wildman–Crippen LogP) is 6.24. The fraction of sp³-hybridized carbons (Fsp3) is 0.400. The Morgan fingerprint density at radius 1 is 0.538 bits per heavy atom. The molecule has 26 heavy (non-hydrogen) atoms. The Labute approximate surface area is 185 Å². The third kappa shape index (κ3) is 64.6. The molecule has 0 spiro atoms. The number of hydrogen-bond acceptors (Lipinski definition) is 0. The Balaban J connectivity index is -0.000000132. The normalized spacial score (nSPS) is 11.3. The number of hydrogen-bond donors (Lipinski definition) is 0. The Bertz CT molecular complexity index is 391. The van der Waals surface area contributed by atoms with E-state index in [0.717, 1.165) is 0 Å². The summed E-state index contributed by atoms with van der Waals surface area (Å²) in [5, 5.41) is 0. The summed E-state index contributed by atoms with van der Waals surface area (Å²) in [4.78, 5) is 0. The second-order valence-electron chi connectivity index (χ2n) is 5.10. The van der Waals surface area contributed by atoms with Gasteiger partial charge in [0.2, 0.25) is 0 Å². The maximum absolute atomic E-state index is 9.75. The first kappa shape index (κ1) is 33.8. The molecule has 0 unspecified atom stereocenters. The van der Waals surface area contributed by atoms with Gasteiger partial charge >= 0.3 is 73.1 Å².